The average Bonchev–Trinajstić information content (AvgIpc) is 2.97. The molecule has 4 nitrogen and oxygen atoms in total. The van der Waals surface area contributed by atoms with Gasteiger partial charge < -0.3 is 10.1 Å². The highest BCUT2D eigenvalue weighted by Crippen LogP contribution is 2.18. The van der Waals surface area contributed by atoms with Gasteiger partial charge in [-0.3, -0.25) is 4.79 Å². The summed E-state index contributed by atoms with van der Waals surface area (Å²) in [4.78, 5) is 11.9. The van der Waals surface area contributed by atoms with E-state index >= 15 is 0 Å². The average molecular weight is 291 g/mol. The van der Waals surface area contributed by atoms with Crippen molar-refractivity contribution in [2.45, 2.75) is 18.9 Å². The van der Waals surface area contributed by atoms with E-state index < -0.39 is 5.91 Å². The quantitative estimate of drug-likeness (QED) is 0.685. The fourth-order valence-corrected chi connectivity index (χ4v) is 2.19. The van der Waals surface area contributed by atoms with E-state index in [9.17, 15) is 4.79 Å². The lowest BCUT2D eigenvalue weighted by Gasteiger charge is -2.10. The molecule has 0 radical (unpaired) electrons. The Morgan fingerprint density at radius 1 is 1.55 bits per heavy atom. The number of nitriles is 1. The minimum absolute atomic E-state index is 0.0381. The van der Waals surface area contributed by atoms with E-state index in [0.717, 1.165) is 19.4 Å². The second kappa shape index (κ2) is 7.09. The van der Waals surface area contributed by atoms with E-state index in [1.54, 1.807) is 24.3 Å². The number of nitrogens with one attached hydrogen (secondary N) is 1. The van der Waals surface area contributed by atoms with Crippen LogP contribution < -0.4 is 5.32 Å². The molecule has 104 valence electrons. The number of amides is 1. The zero-order chi connectivity index (χ0) is 14.4. The number of hydrogen-bond acceptors (Lipinski definition) is 3. The Hall–Kier alpha value is -1.83. The number of hydrogen-bond donors (Lipinski definition) is 1. The molecule has 1 aliphatic heterocycles. The molecule has 1 amide bonds. The van der Waals surface area contributed by atoms with Gasteiger partial charge in [-0.15, -0.1) is 0 Å². The maximum absolute atomic E-state index is 11.9. The summed E-state index contributed by atoms with van der Waals surface area (Å²) < 4.78 is 5.42. The largest absolute Gasteiger partial charge is 0.376 e. The maximum atomic E-state index is 11.9. The smallest absolute Gasteiger partial charge is 0.262 e. The molecule has 1 aliphatic rings. The fourth-order valence-electron chi connectivity index (χ4n) is 2.00. The van der Waals surface area contributed by atoms with E-state index in [1.165, 1.54) is 6.08 Å². The van der Waals surface area contributed by atoms with Crippen LogP contribution in [0, 0.1) is 11.3 Å². The lowest BCUT2D eigenvalue weighted by atomic mass is 10.1. The van der Waals surface area contributed by atoms with Crippen LogP contribution in [-0.4, -0.2) is 25.2 Å². The van der Waals surface area contributed by atoms with E-state index in [2.05, 4.69) is 5.32 Å². The third-order valence-electron chi connectivity index (χ3n) is 3.08. The second-order valence-electron chi connectivity index (χ2n) is 4.54. The van der Waals surface area contributed by atoms with Crippen molar-refractivity contribution < 1.29 is 9.53 Å². The summed E-state index contributed by atoms with van der Waals surface area (Å²) in [6.45, 7) is 1.17. The van der Waals surface area contributed by atoms with Crippen LogP contribution in [0.25, 0.3) is 6.08 Å². The lowest BCUT2D eigenvalue weighted by Crippen LogP contribution is -2.32. The highest BCUT2D eigenvalue weighted by molar-refractivity contribution is 6.32. The monoisotopic (exact) mass is 290 g/mol. The molecule has 0 bridgehead atoms. The van der Waals surface area contributed by atoms with Crippen LogP contribution >= 0.6 is 11.6 Å². The Bertz CT molecular complexity index is 557. The van der Waals surface area contributed by atoms with Crippen molar-refractivity contribution in [2.24, 2.45) is 0 Å². The van der Waals surface area contributed by atoms with Crippen LogP contribution in [0.2, 0.25) is 5.02 Å². The molecule has 1 aromatic rings. The number of halogens is 1. The van der Waals surface area contributed by atoms with Gasteiger partial charge >= 0.3 is 0 Å². The Labute approximate surface area is 123 Å². The molecule has 5 heteroatoms. The van der Waals surface area contributed by atoms with Gasteiger partial charge in [-0.1, -0.05) is 29.8 Å². The van der Waals surface area contributed by atoms with Crippen LogP contribution in [0.1, 0.15) is 18.4 Å². The van der Waals surface area contributed by atoms with Crippen molar-refractivity contribution in [3.05, 3.63) is 40.4 Å². The minimum Gasteiger partial charge on any atom is -0.376 e. The van der Waals surface area contributed by atoms with Crippen LogP contribution in [0.3, 0.4) is 0 Å². The molecular weight excluding hydrogens is 276 g/mol. The highest BCUT2D eigenvalue weighted by atomic mass is 35.5. The second-order valence-corrected chi connectivity index (χ2v) is 4.94. The zero-order valence-electron chi connectivity index (χ0n) is 10.9. The third-order valence-corrected chi connectivity index (χ3v) is 3.43. The molecule has 1 fully saturated rings. The molecule has 0 aliphatic carbocycles. The molecule has 0 saturated carbocycles. The SMILES string of the molecule is N#C/C(=C/c1ccccc1Cl)C(=O)NC[C@@H]1CCCO1. The van der Waals surface area contributed by atoms with Crippen LogP contribution in [0.4, 0.5) is 0 Å². The first-order valence-corrected chi connectivity index (χ1v) is 6.84. The molecular formula is C15H15ClN2O2. The van der Waals surface area contributed by atoms with Crippen molar-refractivity contribution in [1.29, 1.82) is 5.26 Å². The Morgan fingerprint density at radius 2 is 2.35 bits per heavy atom. The van der Waals surface area contributed by atoms with Gasteiger partial charge in [-0.05, 0) is 30.5 Å². The zero-order valence-corrected chi connectivity index (χ0v) is 11.7. The van der Waals surface area contributed by atoms with Gasteiger partial charge in [-0.2, -0.15) is 5.26 Å². The van der Waals surface area contributed by atoms with E-state index in [-0.39, 0.29) is 11.7 Å². The number of benzene rings is 1. The predicted molar refractivity (Wildman–Crippen MR) is 77.0 cm³/mol. The van der Waals surface area contributed by atoms with Gasteiger partial charge in [0.1, 0.15) is 11.6 Å². The summed E-state index contributed by atoms with van der Waals surface area (Å²) in [5.41, 5.74) is 0.689. The number of carbonyl (C=O) groups is 1. The Morgan fingerprint density at radius 3 is 3.00 bits per heavy atom. The van der Waals surface area contributed by atoms with Gasteiger partial charge in [0.05, 0.1) is 6.10 Å². The molecule has 1 N–H and O–H groups in total. The summed E-state index contributed by atoms with van der Waals surface area (Å²) in [7, 11) is 0. The molecule has 0 aromatic heterocycles. The first-order chi connectivity index (χ1) is 9.70. The Balaban J connectivity index is 2.02. The lowest BCUT2D eigenvalue weighted by molar-refractivity contribution is -0.117. The molecule has 1 aromatic carbocycles. The Kier molecular flexibility index (Phi) is 5.16. The third kappa shape index (κ3) is 3.83. The molecule has 2 rings (SSSR count). The number of rotatable bonds is 4. The van der Waals surface area contributed by atoms with Crippen LogP contribution in [0.15, 0.2) is 29.8 Å². The number of carbonyl (C=O) groups excluding carboxylic acids is 1. The standard InChI is InChI=1S/C15H15ClN2O2/c16-14-6-2-1-4-11(14)8-12(9-17)15(19)18-10-13-5-3-7-20-13/h1-2,4,6,8,13H,3,5,7,10H2,(H,18,19)/b12-8-/t13-/m0/s1. The van der Waals surface area contributed by atoms with Crippen LogP contribution in [0.5, 0.6) is 0 Å². The van der Waals surface area contributed by atoms with Crippen molar-refractivity contribution in [3.63, 3.8) is 0 Å². The van der Waals surface area contributed by atoms with Gasteiger partial charge in [0.2, 0.25) is 0 Å². The number of ether oxygens (including phenoxy) is 1. The van der Waals surface area contributed by atoms with Gasteiger partial charge in [0.25, 0.3) is 5.91 Å². The van der Waals surface area contributed by atoms with Crippen molar-refractivity contribution in [2.75, 3.05) is 13.2 Å². The van der Waals surface area contributed by atoms with E-state index in [1.807, 2.05) is 6.07 Å². The van der Waals surface area contributed by atoms with Crippen molar-refractivity contribution in [1.82, 2.24) is 5.32 Å². The van der Waals surface area contributed by atoms with Crippen LogP contribution in [-0.2, 0) is 9.53 Å². The normalized spacial score (nSPS) is 18.6. The van der Waals surface area contributed by atoms with Crippen molar-refractivity contribution >= 4 is 23.6 Å². The predicted octanol–water partition coefficient (Wildman–Crippen LogP) is 2.54. The molecule has 1 heterocycles. The van der Waals surface area contributed by atoms with Gasteiger partial charge in [0.15, 0.2) is 0 Å². The maximum Gasteiger partial charge on any atom is 0.262 e. The summed E-state index contributed by atoms with van der Waals surface area (Å²) in [5, 5.41) is 12.3. The first-order valence-electron chi connectivity index (χ1n) is 6.47. The summed E-state index contributed by atoms with van der Waals surface area (Å²) >= 11 is 6.00. The molecule has 1 atom stereocenters. The highest BCUT2D eigenvalue weighted by Gasteiger charge is 2.17. The number of nitrogens with zero attached hydrogens (tertiary/aromatic N) is 1. The molecule has 0 spiro atoms. The molecule has 20 heavy (non-hydrogen) atoms. The van der Waals surface area contributed by atoms with Crippen molar-refractivity contribution in [3.8, 4) is 6.07 Å². The fraction of sp³-hybridized carbons (Fsp3) is 0.333. The summed E-state index contributed by atoms with van der Waals surface area (Å²) in [5.74, 6) is -0.400. The topological polar surface area (TPSA) is 62.1 Å². The summed E-state index contributed by atoms with van der Waals surface area (Å²) in [6.07, 6.45) is 3.50. The van der Waals surface area contributed by atoms with E-state index in [0.29, 0.717) is 17.1 Å². The van der Waals surface area contributed by atoms with Gasteiger partial charge in [-0.25, -0.2) is 0 Å². The molecule has 1 saturated heterocycles. The minimum atomic E-state index is -0.400. The summed E-state index contributed by atoms with van der Waals surface area (Å²) in [6, 6.07) is 8.97. The first kappa shape index (κ1) is 14.6. The molecule has 0 unspecified atom stereocenters. The van der Waals surface area contributed by atoms with Gasteiger partial charge in [0, 0.05) is 18.2 Å². The van der Waals surface area contributed by atoms with E-state index in [4.69, 9.17) is 21.6 Å².